The van der Waals surface area contributed by atoms with Gasteiger partial charge in [0.25, 0.3) is 0 Å². The molecule has 1 heterocycles. The maximum atomic E-state index is 11.6. The van der Waals surface area contributed by atoms with Crippen LogP contribution in [-0.2, 0) is 11.3 Å². The number of rotatable bonds is 8. The molecule has 24 heavy (non-hydrogen) atoms. The highest BCUT2D eigenvalue weighted by Crippen LogP contribution is 2.14. The molecule has 0 aliphatic heterocycles. The highest BCUT2D eigenvalue weighted by Gasteiger charge is 2.08. The van der Waals surface area contributed by atoms with E-state index in [2.05, 4.69) is 39.9 Å². The minimum absolute atomic E-state index is 0. The van der Waals surface area contributed by atoms with Gasteiger partial charge in [-0.1, -0.05) is 19.0 Å². The van der Waals surface area contributed by atoms with Gasteiger partial charge in [-0.05, 0) is 26.7 Å². The van der Waals surface area contributed by atoms with Gasteiger partial charge < -0.3 is 20.5 Å². The van der Waals surface area contributed by atoms with Crippen LogP contribution in [0.1, 0.15) is 58.4 Å². The summed E-state index contributed by atoms with van der Waals surface area (Å²) in [5, 5.41) is 13.2. The first-order valence-corrected chi connectivity index (χ1v) is 8.19. The first-order chi connectivity index (χ1) is 10.9. The molecule has 0 fully saturated rings. The summed E-state index contributed by atoms with van der Waals surface area (Å²) >= 11 is 0. The molecule has 0 aliphatic rings. The molecule has 7 nitrogen and oxygen atoms in total. The lowest BCUT2D eigenvalue weighted by molar-refractivity contribution is -0.121. The Balaban J connectivity index is 0.00000529. The lowest BCUT2D eigenvalue weighted by Gasteiger charge is -2.12. The number of hydrogen-bond acceptors (Lipinski definition) is 4. The van der Waals surface area contributed by atoms with Crippen molar-refractivity contribution in [1.29, 1.82) is 0 Å². The van der Waals surface area contributed by atoms with E-state index in [1.165, 1.54) is 0 Å². The summed E-state index contributed by atoms with van der Waals surface area (Å²) in [6.07, 6.45) is 0.405. The van der Waals surface area contributed by atoms with Gasteiger partial charge in [0.1, 0.15) is 6.54 Å². The molecule has 0 bridgehead atoms. The summed E-state index contributed by atoms with van der Waals surface area (Å²) in [6, 6.07) is 2.08. The number of nitrogens with zero attached hydrogens (tertiary/aromatic N) is 2. The molecule has 0 unspecified atom stereocenters. The van der Waals surface area contributed by atoms with E-state index in [0.717, 1.165) is 18.0 Å². The highest BCUT2D eigenvalue weighted by atomic mass is 127. The second-order valence-electron chi connectivity index (χ2n) is 5.97. The molecule has 3 N–H and O–H groups in total. The van der Waals surface area contributed by atoms with Gasteiger partial charge in [-0.15, -0.1) is 24.0 Å². The van der Waals surface area contributed by atoms with Gasteiger partial charge in [-0.25, -0.2) is 4.99 Å². The Morgan fingerprint density at radius 2 is 2.00 bits per heavy atom. The third-order valence-electron chi connectivity index (χ3n) is 3.00. The first-order valence-electron chi connectivity index (χ1n) is 8.19. The zero-order chi connectivity index (χ0) is 17.2. The van der Waals surface area contributed by atoms with E-state index in [0.29, 0.717) is 31.4 Å². The van der Waals surface area contributed by atoms with Gasteiger partial charge in [0.15, 0.2) is 11.7 Å². The molecule has 1 amide bonds. The molecule has 0 aromatic carbocycles. The Bertz CT molecular complexity index is 514. The fourth-order valence-corrected chi connectivity index (χ4v) is 1.86. The molecule has 1 aromatic heterocycles. The van der Waals surface area contributed by atoms with E-state index >= 15 is 0 Å². The Labute approximate surface area is 161 Å². The molecular weight excluding hydrogens is 421 g/mol. The molecule has 8 heteroatoms. The molecule has 0 aliphatic carbocycles. The van der Waals surface area contributed by atoms with E-state index in [-0.39, 0.29) is 35.9 Å². The molecule has 1 rings (SSSR count). The predicted molar refractivity (Wildman–Crippen MR) is 107 cm³/mol. The first kappa shape index (κ1) is 22.7. The number of aliphatic imine (C=N–C) groups is 1. The van der Waals surface area contributed by atoms with Gasteiger partial charge in [0.2, 0.25) is 5.91 Å². The van der Waals surface area contributed by atoms with Crippen LogP contribution in [-0.4, -0.2) is 36.2 Å². The van der Waals surface area contributed by atoms with E-state index in [1.54, 1.807) is 0 Å². The van der Waals surface area contributed by atoms with Crippen molar-refractivity contribution in [3.05, 3.63) is 17.5 Å². The average Bonchev–Trinajstić information content (AvgIpc) is 2.93. The molecule has 0 radical (unpaired) electrons. The number of carbonyl (C=O) groups is 1. The number of aromatic nitrogens is 1. The molecular formula is C16H30IN5O2. The van der Waals surface area contributed by atoms with Gasteiger partial charge >= 0.3 is 0 Å². The topological polar surface area (TPSA) is 91.6 Å². The fourth-order valence-electron chi connectivity index (χ4n) is 1.86. The van der Waals surface area contributed by atoms with Crippen LogP contribution in [0.25, 0.3) is 0 Å². The molecule has 0 spiro atoms. The summed E-state index contributed by atoms with van der Waals surface area (Å²) in [5.41, 5.74) is 0.929. The Hall–Kier alpha value is -1.32. The largest absolute Gasteiger partial charge is 0.359 e. The Kier molecular flexibility index (Phi) is 11.4. The van der Waals surface area contributed by atoms with Gasteiger partial charge in [-0.2, -0.15) is 0 Å². The summed E-state index contributed by atoms with van der Waals surface area (Å²) in [5.74, 6) is 1.75. The van der Waals surface area contributed by atoms with Crippen LogP contribution in [0.2, 0.25) is 0 Å². The molecule has 0 saturated heterocycles. The van der Waals surface area contributed by atoms with E-state index in [4.69, 9.17) is 4.52 Å². The summed E-state index contributed by atoms with van der Waals surface area (Å²) in [6.45, 7) is 11.7. The van der Waals surface area contributed by atoms with Crippen LogP contribution < -0.4 is 16.0 Å². The molecule has 1 aromatic rings. The minimum Gasteiger partial charge on any atom is -0.359 e. The summed E-state index contributed by atoms with van der Waals surface area (Å²) in [7, 11) is 0. The van der Waals surface area contributed by atoms with E-state index in [1.807, 2.05) is 26.8 Å². The molecule has 0 atom stereocenters. The maximum Gasteiger partial charge on any atom is 0.221 e. The van der Waals surface area contributed by atoms with Crippen molar-refractivity contribution in [3.8, 4) is 0 Å². The standard InChI is InChI=1S/C16H29N5O2.HI/c1-6-17-16(18-8-7-15(22)20-12(4)5)19-10-13-9-14(11(2)3)21-23-13;/h9,11-12H,6-8,10H2,1-5H3,(H,20,22)(H2,17,18,19);1H. The van der Waals surface area contributed by atoms with E-state index < -0.39 is 0 Å². The van der Waals surface area contributed by atoms with Crippen molar-refractivity contribution in [2.24, 2.45) is 4.99 Å². The summed E-state index contributed by atoms with van der Waals surface area (Å²) in [4.78, 5) is 16.0. The van der Waals surface area contributed by atoms with Gasteiger partial charge in [0.05, 0.1) is 5.69 Å². The van der Waals surface area contributed by atoms with Crippen molar-refractivity contribution in [2.45, 2.75) is 59.5 Å². The quantitative estimate of drug-likeness (QED) is 0.321. The second kappa shape index (κ2) is 12.1. The van der Waals surface area contributed by atoms with Crippen molar-refractivity contribution < 1.29 is 9.32 Å². The SMILES string of the molecule is CCNC(=NCc1cc(C(C)C)no1)NCCC(=O)NC(C)C.I. The van der Waals surface area contributed by atoms with Crippen molar-refractivity contribution in [1.82, 2.24) is 21.1 Å². The minimum atomic E-state index is 0. The number of carbonyl (C=O) groups excluding carboxylic acids is 1. The van der Waals surface area contributed by atoms with Crippen LogP contribution in [0, 0.1) is 0 Å². The van der Waals surface area contributed by atoms with E-state index in [9.17, 15) is 4.79 Å². The van der Waals surface area contributed by atoms with Crippen LogP contribution in [0.15, 0.2) is 15.6 Å². The number of amides is 1. The zero-order valence-electron chi connectivity index (χ0n) is 15.2. The number of nitrogens with one attached hydrogen (secondary N) is 3. The van der Waals surface area contributed by atoms with Crippen molar-refractivity contribution in [2.75, 3.05) is 13.1 Å². The summed E-state index contributed by atoms with van der Waals surface area (Å²) < 4.78 is 5.26. The third kappa shape index (κ3) is 9.09. The highest BCUT2D eigenvalue weighted by molar-refractivity contribution is 14.0. The van der Waals surface area contributed by atoms with Crippen LogP contribution >= 0.6 is 24.0 Å². The Morgan fingerprint density at radius 1 is 1.29 bits per heavy atom. The number of halogens is 1. The van der Waals surface area contributed by atoms with Crippen LogP contribution in [0.3, 0.4) is 0 Å². The normalized spacial score (nSPS) is 11.4. The average molecular weight is 451 g/mol. The number of guanidine groups is 1. The lowest BCUT2D eigenvalue weighted by atomic mass is 10.1. The van der Waals surface area contributed by atoms with Gasteiger partial charge in [0, 0.05) is 31.6 Å². The smallest absolute Gasteiger partial charge is 0.221 e. The van der Waals surface area contributed by atoms with Crippen molar-refractivity contribution >= 4 is 35.8 Å². The van der Waals surface area contributed by atoms with Crippen LogP contribution in [0.5, 0.6) is 0 Å². The number of hydrogen-bond donors (Lipinski definition) is 3. The molecule has 138 valence electrons. The van der Waals surface area contributed by atoms with Crippen molar-refractivity contribution in [3.63, 3.8) is 0 Å². The fraction of sp³-hybridized carbons (Fsp3) is 0.688. The second-order valence-corrected chi connectivity index (χ2v) is 5.97. The van der Waals surface area contributed by atoms with Crippen LogP contribution in [0.4, 0.5) is 0 Å². The lowest BCUT2D eigenvalue weighted by Crippen LogP contribution is -2.40. The predicted octanol–water partition coefficient (Wildman–Crippen LogP) is 2.39. The zero-order valence-corrected chi connectivity index (χ0v) is 17.5. The third-order valence-corrected chi connectivity index (χ3v) is 3.00. The Morgan fingerprint density at radius 3 is 2.54 bits per heavy atom. The monoisotopic (exact) mass is 451 g/mol. The molecule has 0 saturated carbocycles. The maximum absolute atomic E-state index is 11.6. The van der Waals surface area contributed by atoms with Gasteiger partial charge in [-0.3, -0.25) is 4.79 Å².